The molecule has 0 atom stereocenters. The Labute approximate surface area is 121 Å². The lowest BCUT2D eigenvalue weighted by Gasteiger charge is -2.08. The summed E-state index contributed by atoms with van der Waals surface area (Å²) in [7, 11) is 4.18. The van der Waals surface area contributed by atoms with Crippen LogP contribution in [0, 0.1) is 0 Å². The first-order chi connectivity index (χ1) is 9.79. The smallest absolute Gasteiger partial charge is 0.112 e. The largest absolute Gasteiger partial charge is 0.331 e. The Bertz CT molecular complexity index is 579. The predicted molar refractivity (Wildman–Crippen MR) is 84.2 cm³/mol. The minimum absolute atomic E-state index is 0.681. The molecule has 108 valence electrons. The highest BCUT2D eigenvalue weighted by Crippen LogP contribution is 2.34. The van der Waals surface area contributed by atoms with Gasteiger partial charge in [-0.3, -0.25) is 0 Å². The van der Waals surface area contributed by atoms with Crippen LogP contribution in [0.3, 0.4) is 0 Å². The molecule has 0 saturated heterocycles. The number of rotatable bonds is 5. The van der Waals surface area contributed by atoms with Gasteiger partial charge >= 0.3 is 0 Å². The van der Waals surface area contributed by atoms with Crippen LogP contribution in [0.15, 0.2) is 18.2 Å². The normalized spacial score (nSPS) is 16.3. The molecule has 2 aromatic rings. The highest BCUT2D eigenvalue weighted by atomic mass is 15.1. The molecule has 3 heteroatoms. The van der Waals surface area contributed by atoms with Gasteiger partial charge in [0.05, 0.1) is 11.0 Å². The minimum Gasteiger partial charge on any atom is -0.331 e. The maximum atomic E-state index is 4.93. The number of fused-ring (bicyclic) bond motifs is 1. The predicted octanol–water partition coefficient (Wildman–Crippen LogP) is 3.38. The van der Waals surface area contributed by atoms with Gasteiger partial charge in [0.15, 0.2) is 0 Å². The molecule has 0 bridgehead atoms. The van der Waals surface area contributed by atoms with Gasteiger partial charge in [-0.1, -0.05) is 18.9 Å². The second-order valence-electron chi connectivity index (χ2n) is 6.04. The number of aryl methyl sites for hydroxylation is 2. The maximum absolute atomic E-state index is 4.93. The Morgan fingerprint density at radius 3 is 2.85 bits per heavy atom. The number of hydrogen-bond donors (Lipinski definition) is 1. The number of aromatic nitrogens is 2. The molecule has 0 aliphatic heterocycles. The van der Waals surface area contributed by atoms with Gasteiger partial charge in [0.1, 0.15) is 5.82 Å². The Kier molecular flexibility index (Phi) is 4.06. The molecule has 1 aromatic carbocycles. The molecular formula is C17H25N3. The maximum Gasteiger partial charge on any atom is 0.112 e. The third-order valence-corrected chi connectivity index (χ3v) is 4.59. The van der Waals surface area contributed by atoms with Gasteiger partial charge in [0.25, 0.3) is 0 Å². The van der Waals surface area contributed by atoms with Crippen LogP contribution in [0.1, 0.15) is 49.4 Å². The molecule has 1 N–H and O–H groups in total. The zero-order chi connectivity index (χ0) is 13.9. The lowest BCUT2D eigenvalue weighted by molar-refractivity contribution is 0.639. The number of nitrogens with zero attached hydrogens (tertiary/aromatic N) is 2. The second kappa shape index (κ2) is 5.96. The van der Waals surface area contributed by atoms with Crippen molar-refractivity contribution in [3.63, 3.8) is 0 Å². The lowest BCUT2D eigenvalue weighted by atomic mass is 10.1. The molecule has 1 aliphatic rings. The topological polar surface area (TPSA) is 29.9 Å². The van der Waals surface area contributed by atoms with Crippen molar-refractivity contribution in [2.24, 2.45) is 7.05 Å². The van der Waals surface area contributed by atoms with E-state index in [1.165, 1.54) is 54.5 Å². The van der Waals surface area contributed by atoms with E-state index in [9.17, 15) is 0 Å². The van der Waals surface area contributed by atoms with Gasteiger partial charge in [0.2, 0.25) is 0 Å². The van der Waals surface area contributed by atoms with Crippen molar-refractivity contribution >= 4 is 11.0 Å². The summed E-state index contributed by atoms with van der Waals surface area (Å²) in [6.07, 6.45) is 7.67. The van der Waals surface area contributed by atoms with Gasteiger partial charge in [-0.15, -0.1) is 0 Å². The molecule has 0 unspecified atom stereocenters. The molecule has 3 nitrogen and oxygen atoms in total. The summed E-state index contributed by atoms with van der Waals surface area (Å²) in [5, 5.41) is 3.21. The van der Waals surface area contributed by atoms with E-state index < -0.39 is 0 Å². The average molecular weight is 271 g/mol. The quantitative estimate of drug-likeness (QED) is 0.845. The standard InChI is InChI=1S/C17H25N3/c1-18-11-5-6-13-9-10-16-15(12-13)19-17(20(16)2)14-7-3-4-8-14/h9-10,12,14,18H,3-8,11H2,1-2H3. The molecule has 1 aliphatic carbocycles. The van der Waals surface area contributed by atoms with Crippen molar-refractivity contribution < 1.29 is 0 Å². The number of hydrogen-bond acceptors (Lipinski definition) is 2. The van der Waals surface area contributed by atoms with E-state index in [4.69, 9.17) is 4.98 Å². The van der Waals surface area contributed by atoms with Crippen molar-refractivity contribution in [2.45, 2.75) is 44.4 Å². The van der Waals surface area contributed by atoms with Crippen LogP contribution in [0.4, 0.5) is 0 Å². The van der Waals surface area contributed by atoms with Crippen LogP contribution in [0.2, 0.25) is 0 Å². The summed E-state index contributed by atoms with van der Waals surface area (Å²) in [6.45, 7) is 1.08. The van der Waals surface area contributed by atoms with Crippen molar-refractivity contribution in [3.05, 3.63) is 29.6 Å². The SMILES string of the molecule is CNCCCc1ccc2c(c1)nc(C1CCCC1)n2C. The van der Waals surface area contributed by atoms with E-state index in [0.717, 1.165) is 13.0 Å². The van der Waals surface area contributed by atoms with E-state index >= 15 is 0 Å². The van der Waals surface area contributed by atoms with Crippen molar-refractivity contribution in [3.8, 4) is 0 Å². The lowest BCUT2D eigenvalue weighted by Crippen LogP contribution is -2.08. The molecule has 1 saturated carbocycles. The van der Waals surface area contributed by atoms with E-state index in [-0.39, 0.29) is 0 Å². The summed E-state index contributed by atoms with van der Waals surface area (Å²) in [6, 6.07) is 6.79. The molecule has 1 heterocycles. The van der Waals surface area contributed by atoms with Gasteiger partial charge < -0.3 is 9.88 Å². The van der Waals surface area contributed by atoms with Crippen LogP contribution >= 0.6 is 0 Å². The molecule has 1 fully saturated rings. The molecule has 0 spiro atoms. The monoisotopic (exact) mass is 271 g/mol. The van der Waals surface area contributed by atoms with Crippen LogP contribution < -0.4 is 5.32 Å². The van der Waals surface area contributed by atoms with Gasteiger partial charge in [-0.2, -0.15) is 0 Å². The molecule has 20 heavy (non-hydrogen) atoms. The van der Waals surface area contributed by atoms with E-state index in [1.807, 2.05) is 7.05 Å². The van der Waals surface area contributed by atoms with Crippen LogP contribution in [0.5, 0.6) is 0 Å². The van der Waals surface area contributed by atoms with Crippen molar-refractivity contribution in [1.82, 2.24) is 14.9 Å². The third-order valence-electron chi connectivity index (χ3n) is 4.59. The average Bonchev–Trinajstić information content (AvgIpc) is 3.07. The Morgan fingerprint density at radius 1 is 1.30 bits per heavy atom. The van der Waals surface area contributed by atoms with Gasteiger partial charge in [-0.05, 0) is 57.0 Å². The molecule has 0 amide bonds. The first kappa shape index (κ1) is 13.6. The van der Waals surface area contributed by atoms with Crippen molar-refractivity contribution in [1.29, 1.82) is 0 Å². The summed E-state index contributed by atoms with van der Waals surface area (Å²) in [5.41, 5.74) is 3.87. The molecule has 3 rings (SSSR count). The van der Waals surface area contributed by atoms with E-state index in [2.05, 4.69) is 35.1 Å². The van der Waals surface area contributed by atoms with Gasteiger partial charge in [0, 0.05) is 13.0 Å². The molecule has 1 aromatic heterocycles. The fourth-order valence-electron chi connectivity index (χ4n) is 3.44. The fourth-order valence-corrected chi connectivity index (χ4v) is 3.44. The highest BCUT2D eigenvalue weighted by Gasteiger charge is 2.22. The first-order valence-corrected chi connectivity index (χ1v) is 7.89. The minimum atomic E-state index is 0.681. The molecular weight excluding hydrogens is 246 g/mol. The van der Waals surface area contributed by atoms with E-state index in [1.54, 1.807) is 0 Å². The van der Waals surface area contributed by atoms with Crippen LogP contribution in [0.25, 0.3) is 11.0 Å². The summed E-state index contributed by atoms with van der Waals surface area (Å²) >= 11 is 0. The van der Waals surface area contributed by atoms with Gasteiger partial charge in [-0.25, -0.2) is 4.98 Å². The van der Waals surface area contributed by atoms with Crippen LogP contribution in [-0.2, 0) is 13.5 Å². The highest BCUT2D eigenvalue weighted by molar-refractivity contribution is 5.77. The second-order valence-corrected chi connectivity index (χ2v) is 6.04. The Hall–Kier alpha value is -1.35. The van der Waals surface area contributed by atoms with E-state index in [0.29, 0.717) is 5.92 Å². The fraction of sp³-hybridized carbons (Fsp3) is 0.588. The van der Waals surface area contributed by atoms with Crippen molar-refractivity contribution in [2.75, 3.05) is 13.6 Å². The first-order valence-electron chi connectivity index (χ1n) is 7.89. The number of nitrogens with one attached hydrogen (secondary N) is 1. The number of benzene rings is 1. The third kappa shape index (κ3) is 2.59. The zero-order valence-electron chi connectivity index (χ0n) is 12.7. The summed E-state index contributed by atoms with van der Waals surface area (Å²) in [5.74, 6) is 1.98. The zero-order valence-corrected chi connectivity index (χ0v) is 12.7. The number of imidazole rings is 1. The Morgan fingerprint density at radius 2 is 2.10 bits per heavy atom. The summed E-state index contributed by atoms with van der Waals surface area (Å²) < 4.78 is 2.31. The molecule has 0 radical (unpaired) electrons. The Balaban J connectivity index is 1.86. The van der Waals surface area contributed by atoms with Crippen LogP contribution in [-0.4, -0.2) is 23.1 Å². The summed E-state index contributed by atoms with van der Waals surface area (Å²) in [4.78, 5) is 4.93.